The summed E-state index contributed by atoms with van der Waals surface area (Å²) in [5.41, 5.74) is 1.96. The molecule has 94 valence electrons. The minimum Gasteiger partial charge on any atom is -0.378 e. The second-order valence-electron chi connectivity index (χ2n) is 2.93. The van der Waals surface area contributed by atoms with Crippen molar-refractivity contribution in [2.75, 3.05) is 19.0 Å². The molecule has 0 aromatic heterocycles. The molecule has 0 spiro atoms. The number of rotatable bonds is 1. The van der Waals surface area contributed by atoms with Gasteiger partial charge in [-0.05, 0) is 24.6 Å². The van der Waals surface area contributed by atoms with E-state index in [1.165, 1.54) is 0 Å². The number of hydrogen-bond donors (Lipinski definition) is 0. The van der Waals surface area contributed by atoms with Gasteiger partial charge in [0.15, 0.2) is 0 Å². The fraction of sp³-hybridized carbons (Fsp3) is 0.538. The van der Waals surface area contributed by atoms with E-state index in [0.717, 1.165) is 11.3 Å². The number of benzene rings is 1. The average Bonchev–Trinajstić information content (AvgIpc) is 2.30. The summed E-state index contributed by atoms with van der Waals surface area (Å²) >= 11 is 11.9. The van der Waals surface area contributed by atoms with Gasteiger partial charge < -0.3 is 4.90 Å². The maximum Gasteiger partial charge on any atom is 0.0470 e. The van der Waals surface area contributed by atoms with Gasteiger partial charge >= 0.3 is 0 Å². The van der Waals surface area contributed by atoms with Crippen LogP contribution < -0.4 is 4.90 Å². The molecule has 0 saturated carbocycles. The maximum atomic E-state index is 5.95. The monoisotopic (exact) mass is 263 g/mol. The minimum absolute atomic E-state index is 0.714. The van der Waals surface area contributed by atoms with E-state index in [1.807, 2.05) is 65.7 Å². The Bertz CT molecular complexity index is 273. The van der Waals surface area contributed by atoms with E-state index in [9.17, 15) is 0 Å². The quantitative estimate of drug-likeness (QED) is 0.654. The van der Waals surface area contributed by atoms with Crippen LogP contribution in [0.3, 0.4) is 0 Å². The topological polar surface area (TPSA) is 3.24 Å². The second kappa shape index (κ2) is 9.80. The van der Waals surface area contributed by atoms with Crippen molar-refractivity contribution in [1.29, 1.82) is 0 Å². The lowest BCUT2D eigenvalue weighted by atomic mass is 10.2. The predicted molar refractivity (Wildman–Crippen MR) is 78.2 cm³/mol. The van der Waals surface area contributed by atoms with Gasteiger partial charge in [0.2, 0.25) is 0 Å². The van der Waals surface area contributed by atoms with Gasteiger partial charge in [0.1, 0.15) is 0 Å². The molecule has 1 rings (SSSR count). The molecular weight excluding hydrogens is 241 g/mol. The van der Waals surface area contributed by atoms with Crippen LogP contribution in [0.2, 0.25) is 10.0 Å². The van der Waals surface area contributed by atoms with Crippen LogP contribution in [0.15, 0.2) is 12.1 Å². The highest BCUT2D eigenvalue weighted by atomic mass is 35.5. The molecule has 0 atom stereocenters. The first-order valence-electron chi connectivity index (χ1n) is 5.65. The number of halogens is 2. The summed E-state index contributed by atoms with van der Waals surface area (Å²) in [5, 5.41) is 1.43. The first-order valence-corrected chi connectivity index (χ1v) is 6.41. The SMILES string of the molecule is CC.CC.Cc1c(Cl)cc(N(C)C)cc1Cl. The summed E-state index contributed by atoms with van der Waals surface area (Å²) < 4.78 is 0. The third-order valence-corrected chi connectivity index (χ3v) is 2.57. The zero-order valence-corrected chi connectivity index (χ0v) is 12.9. The van der Waals surface area contributed by atoms with Gasteiger partial charge in [-0.2, -0.15) is 0 Å². The fourth-order valence-electron chi connectivity index (χ4n) is 0.890. The molecule has 3 heteroatoms. The van der Waals surface area contributed by atoms with Gasteiger partial charge in [-0.15, -0.1) is 0 Å². The first-order chi connectivity index (χ1) is 7.52. The normalized spacial score (nSPS) is 8.31. The van der Waals surface area contributed by atoms with Gasteiger partial charge in [0.05, 0.1) is 0 Å². The summed E-state index contributed by atoms with van der Waals surface area (Å²) in [6.07, 6.45) is 0. The Hall–Kier alpha value is -0.400. The molecule has 0 heterocycles. The summed E-state index contributed by atoms with van der Waals surface area (Å²) in [5.74, 6) is 0. The van der Waals surface area contributed by atoms with E-state index in [-0.39, 0.29) is 0 Å². The van der Waals surface area contributed by atoms with Crippen LogP contribution in [0.25, 0.3) is 0 Å². The molecule has 0 aliphatic rings. The van der Waals surface area contributed by atoms with Crippen LogP contribution in [-0.2, 0) is 0 Å². The highest BCUT2D eigenvalue weighted by molar-refractivity contribution is 6.36. The van der Waals surface area contributed by atoms with Crippen molar-refractivity contribution in [2.45, 2.75) is 34.6 Å². The molecule has 0 radical (unpaired) electrons. The highest BCUT2D eigenvalue weighted by Gasteiger charge is 2.04. The average molecular weight is 264 g/mol. The summed E-state index contributed by atoms with van der Waals surface area (Å²) in [7, 11) is 3.91. The van der Waals surface area contributed by atoms with Crippen molar-refractivity contribution < 1.29 is 0 Å². The van der Waals surface area contributed by atoms with E-state index in [2.05, 4.69) is 0 Å². The molecule has 0 bridgehead atoms. The molecule has 1 nitrogen and oxygen atoms in total. The standard InChI is InChI=1S/C9H11Cl2N.2C2H6/c1-6-8(10)4-7(12(2)3)5-9(6)11;2*1-2/h4-5H,1-3H3;2*1-2H3. The third kappa shape index (κ3) is 5.62. The van der Waals surface area contributed by atoms with Crippen molar-refractivity contribution in [1.82, 2.24) is 0 Å². The van der Waals surface area contributed by atoms with Gasteiger partial charge in [-0.25, -0.2) is 0 Å². The second-order valence-corrected chi connectivity index (χ2v) is 3.74. The lowest BCUT2D eigenvalue weighted by Crippen LogP contribution is -2.08. The molecule has 0 N–H and O–H groups in total. The van der Waals surface area contributed by atoms with E-state index < -0.39 is 0 Å². The predicted octanol–water partition coefficient (Wildman–Crippen LogP) is 5.42. The van der Waals surface area contributed by atoms with Crippen molar-refractivity contribution in [3.05, 3.63) is 27.7 Å². The zero-order chi connectivity index (χ0) is 13.3. The van der Waals surface area contributed by atoms with Crippen LogP contribution in [0.4, 0.5) is 5.69 Å². The molecule has 0 saturated heterocycles. The molecule has 1 aromatic rings. The van der Waals surface area contributed by atoms with Crippen LogP contribution in [0.5, 0.6) is 0 Å². The smallest absolute Gasteiger partial charge is 0.0470 e. The van der Waals surface area contributed by atoms with Crippen molar-refractivity contribution in [3.8, 4) is 0 Å². The van der Waals surface area contributed by atoms with E-state index >= 15 is 0 Å². The van der Waals surface area contributed by atoms with Crippen LogP contribution >= 0.6 is 23.2 Å². The molecule has 0 unspecified atom stereocenters. The molecule has 0 amide bonds. The third-order valence-electron chi connectivity index (χ3n) is 1.78. The lowest BCUT2D eigenvalue weighted by Gasteiger charge is -2.14. The minimum atomic E-state index is 0.714. The number of nitrogens with zero attached hydrogens (tertiary/aromatic N) is 1. The van der Waals surface area contributed by atoms with Gasteiger partial charge in [-0.3, -0.25) is 0 Å². The number of anilines is 1. The van der Waals surface area contributed by atoms with Crippen LogP contribution in [0.1, 0.15) is 33.3 Å². The van der Waals surface area contributed by atoms with Crippen LogP contribution in [-0.4, -0.2) is 14.1 Å². The van der Waals surface area contributed by atoms with Gasteiger partial charge in [0, 0.05) is 29.8 Å². The van der Waals surface area contributed by atoms with Gasteiger partial charge in [-0.1, -0.05) is 50.9 Å². The van der Waals surface area contributed by atoms with Crippen molar-refractivity contribution in [3.63, 3.8) is 0 Å². The fourth-order valence-corrected chi connectivity index (χ4v) is 1.37. The Morgan fingerprint density at radius 1 is 0.875 bits per heavy atom. The molecule has 16 heavy (non-hydrogen) atoms. The van der Waals surface area contributed by atoms with Crippen molar-refractivity contribution in [2.24, 2.45) is 0 Å². The Balaban J connectivity index is 0. The Morgan fingerprint density at radius 2 is 1.19 bits per heavy atom. The van der Waals surface area contributed by atoms with E-state index in [4.69, 9.17) is 23.2 Å². The molecule has 0 aliphatic heterocycles. The lowest BCUT2D eigenvalue weighted by molar-refractivity contribution is 1.13. The molecule has 0 aliphatic carbocycles. The number of hydrogen-bond acceptors (Lipinski definition) is 1. The van der Waals surface area contributed by atoms with E-state index in [0.29, 0.717) is 10.0 Å². The highest BCUT2D eigenvalue weighted by Crippen LogP contribution is 2.28. The maximum absolute atomic E-state index is 5.95. The Kier molecular flexibility index (Phi) is 11.0. The Labute approximate surface area is 110 Å². The van der Waals surface area contributed by atoms with Gasteiger partial charge in [0.25, 0.3) is 0 Å². The van der Waals surface area contributed by atoms with Crippen LogP contribution in [0, 0.1) is 6.92 Å². The zero-order valence-electron chi connectivity index (χ0n) is 11.4. The summed E-state index contributed by atoms with van der Waals surface area (Å²) in [6, 6.07) is 3.81. The molecule has 1 aromatic carbocycles. The largest absolute Gasteiger partial charge is 0.378 e. The first kappa shape index (κ1) is 18.0. The van der Waals surface area contributed by atoms with E-state index in [1.54, 1.807) is 0 Å². The summed E-state index contributed by atoms with van der Waals surface area (Å²) in [6.45, 7) is 9.91. The molecular formula is C13H23Cl2N. The summed E-state index contributed by atoms with van der Waals surface area (Å²) in [4.78, 5) is 1.97. The Morgan fingerprint density at radius 3 is 1.44 bits per heavy atom. The molecule has 0 fully saturated rings. The van der Waals surface area contributed by atoms with Crippen molar-refractivity contribution >= 4 is 28.9 Å².